The molecule has 1 rings (SSSR count). The van der Waals surface area contributed by atoms with E-state index < -0.39 is 12.7 Å². The van der Waals surface area contributed by atoms with E-state index in [1.807, 2.05) is 7.05 Å². The normalized spacial score (nSPS) is 27.9. The Kier molecular flexibility index (Phi) is 3.82. The lowest BCUT2D eigenvalue weighted by molar-refractivity contribution is -0.149. The molecule has 2 nitrogen and oxygen atoms in total. The van der Waals surface area contributed by atoms with Crippen LogP contribution in [-0.4, -0.2) is 53.3 Å². The molecule has 1 saturated heterocycles. The van der Waals surface area contributed by atoms with Crippen LogP contribution in [0.2, 0.25) is 0 Å². The second-order valence-corrected chi connectivity index (χ2v) is 4.70. The van der Waals surface area contributed by atoms with Gasteiger partial charge in [0.15, 0.2) is 0 Å². The van der Waals surface area contributed by atoms with Crippen molar-refractivity contribution >= 4 is 22.6 Å². The highest BCUT2D eigenvalue weighted by atomic mass is 127. The molecule has 0 aromatic carbocycles. The van der Waals surface area contributed by atoms with Gasteiger partial charge in [0.1, 0.15) is 0 Å². The summed E-state index contributed by atoms with van der Waals surface area (Å²) in [5.74, 6) is 0. The maximum Gasteiger partial charge on any atom is 0.401 e. The Hall–Kier alpha value is 0.440. The second-order valence-electron chi connectivity index (χ2n) is 3.27. The van der Waals surface area contributed by atoms with Crippen molar-refractivity contribution in [2.45, 2.75) is 10.2 Å². The summed E-state index contributed by atoms with van der Waals surface area (Å²) in [6.07, 6.45) is -4.06. The monoisotopic (exact) mass is 308 g/mol. The molecule has 0 aromatic heterocycles. The predicted molar refractivity (Wildman–Crippen MR) is 52.9 cm³/mol. The lowest BCUT2D eigenvalue weighted by Crippen LogP contribution is -2.51. The summed E-state index contributed by atoms with van der Waals surface area (Å²) in [6.45, 7) is 0.941. The SMILES string of the molecule is CN1CCN(CC(F)(F)F)C[C@@H]1I. The van der Waals surface area contributed by atoms with Crippen LogP contribution in [0.5, 0.6) is 0 Å². The zero-order chi connectivity index (χ0) is 10.1. The zero-order valence-electron chi connectivity index (χ0n) is 7.31. The molecule has 0 aliphatic carbocycles. The average molecular weight is 308 g/mol. The number of hydrogen-bond acceptors (Lipinski definition) is 2. The minimum atomic E-state index is -4.06. The standard InChI is InChI=1S/C7H12F3IN2/c1-12-2-3-13(4-6(12)11)5-7(8,9)10/h6H,2-5H2,1H3/t6-/m1/s1. The lowest BCUT2D eigenvalue weighted by Gasteiger charge is -2.36. The van der Waals surface area contributed by atoms with Gasteiger partial charge in [-0.25, -0.2) is 0 Å². The molecule has 1 aliphatic heterocycles. The highest BCUT2D eigenvalue weighted by Crippen LogP contribution is 2.20. The topological polar surface area (TPSA) is 6.48 Å². The van der Waals surface area contributed by atoms with Gasteiger partial charge in [-0.1, -0.05) is 22.6 Å². The van der Waals surface area contributed by atoms with E-state index in [0.29, 0.717) is 19.6 Å². The average Bonchev–Trinajstić information content (AvgIpc) is 1.94. The van der Waals surface area contributed by atoms with Crippen molar-refractivity contribution in [3.05, 3.63) is 0 Å². The summed E-state index contributed by atoms with van der Waals surface area (Å²) in [7, 11) is 1.93. The number of alkyl halides is 4. The smallest absolute Gasteiger partial charge is 0.292 e. The van der Waals surface area contributed by atoms with Crippen molar-refractivity contribution < 1.29 is 13.2 Å². The third-order valence-electron chi connectivity index (χ3n) is 2.06. The van der Waals surface area contributed by atoms with E-state index in [1.165, 1.54) is 4.90 Å². The molecule has 6 heteroatoms. The van der Waals surface area contributed by atoms with Gasteiger partial charge in [-0.05, 0) is 7.05 Å². The van der Waals surface area contributed by atoms with Gasteiger partial charge in [0.2, 0.25) is 0 Å². The Labute approximate surface area is 89.2 Å². The van der Waals surface area contributed by atoms with Crippen LogP contribution in [0.1, 0.15) is 0 Å². The van der Waals surface area contributed by atoms with Crippen molar-refractivity contribution in [1.29, 1.82) is 0 Å². The summed E-state index contributed by atoms with van der Waals surface area (Å²) < 4.78 is 36.2. The van der Waals surface area contributed by atoms with Crippen LogP contribution in [0.4, 0.5) is 13.2 Å². The molecular formula is C7H12F3IN2. The Morgan fingerprint density at radius 1 is 1.38 bits per heavy atom. The summed E-state index contributed by atoms with van der Waals surface area (Å²) in [5, 5.41) is 0. The van der Waals surface area contributed by atoms with Crippen molar-refractivity contribution in [3.63, 3.8) is 0 Å². The fourth-order valence-corrected chi connectivity index (χ4v) is 2.12. The molecule has 0 bridgehead atoms. The Bertz CT molecular complexity index is 174. The summed E-state index contributed by atoms with van der Waals surface area (Å²) in [5.41, 5.74) is 0. The first-order valence-corrected chi connectivity index (χ1v) is 5.26. The summed E-state index contributed by atoms with van der Waals surface area (Å²) in [4.78, 5) is 3.52. The third-order valence-corrected chi connectivity index (χ3v) is 3.40. The van der Waals surface area contributed by atoms with E-state index in [2.05, 4.69) is 27.5 Å². The van der Waals surface area contributed by atoms with Gasteiger partial charge >= 0.3 is 6.18 Å². The van der Waals surface area contributed by atoms with E-state index in [4.69, 9.17) is 0 Å². The van der Waals surface area contributed by atoms with Crippen LogP contribution >= 0.6 is 22.6 Å². The molecule has 1 aliphatic rings. The van der Waals surface area contributed by atoms with Gasteiger partial charge in [0, 0.05) is 19.6 Å². The van der Waals surface area contributed by atoms with Gasteiger partial charge in [-0.15, -0.1) is 0 Å². The highest BCUT2D eigenvalue weighted by molar-refractivity contribution is 14.1. The molecule has 0 amide bonds. The molecule has 0 aromatic rings. The minimum absolute atomic E-state index is 0.189. The van der Waals surface area contributed by atoms with E-state index in [9.17, 15) is 13.2 Å². The fraction of sp³-hybridized carbons (Fsp3) is 1.00. The quantitative estimate of drug-likeness (QED) is 0.412. The molecule has 78 valence electrons. The molecule has 0 spiro atoms. The number of hydrogen-bond donors (Lipinski definition) is 0. The molecule has 0 radical (unpaired) electrons. The second kappa shape index (κ2) is 4.31. The van der Waals surface area contributed by atoms with Crippen molar-refractivity contribution in [2.75, 3.05) is 33.2 Å². The molecular weight excluding hydrogens is 296 g/mol. The number of nitrogens with zero attached hydrogens (tertiary/aromatic N) is 2. The molecule has 0 saturated carbocycles. The first kappa shape index (κ1) is 11.5. The first-order chi connectivity index (χ1) is 5.88. The van der Waals surface area contributed by atoms with Crippen molar-refractivity contribution in [1.82, 2.24) is 9.80 Å². The van der Waals surface area contributed by atoms with Crippen LogP contribution in [0, 0.1) is 0 Å². The molecule has 1 heterocycles. The Balaban J connectivity index is 2.38. The van der Waals surface area contributed by atoms with Crippen LogP contribution in [0.3, 0.4) is 0 Å². The highest BCUT2D eigenvalue weighted by Gasteiger charge is 2.33. The number of halogens is 4. The van der Waals surface area contributed by atoms with E-state index in [1.54, 1.807) is 0 Å². The minimum Gasteiger partial charge on any atom is -0.292 e. The van der Waals surface area contributed by atoms with Crippen LogP contribution in [0.15, 0.2) is 0 Å². The zero-order valence-corrected chi connectivity index (χ0v) is 9.47. The summed E-state index contributed by atoms with van der Waals surface area (Å²) in [6, 6.07) is 0. The van der Waals surface area contributed by atoms with E-state index in [0.717, 1.165) is 0 Å². The number of likely N-dealkylation sites (N-methyl/N-ethyl adjacent to an activating group) is 1. The predicted octanol–water partition coefficient (Wildman–Crippen LogP) is 1.56. The third kappa shape index (κ3) is 3.99. The molecule has 13 heavy (non-hydrogen) atoms. The number of rotatable bonds is 1. The van der Waals surface area contributed by atoms with Crippen LogP contribution in [0.25, 0.3) is 0 Å². The van der Waals surface area contributed by atoms with Gasteiger partial charge < -0.3 is 0 Å². The molecule has 0 N–H and O–H groups in total. The maximum absolute atomic E-state index is 12.0. The Morgan fingerprint density at radius 2 is 2.00 bits per heavy atom. The first-order valence-electron chi connectivity index (χ1n) is 4.02. The van der Waals surface area contributed by atoms with Crippen LogP contribution in [-0.2, 0) is 0 Å². The van der Waals surface area contributed by atoms with Gasteiger partial charge in [-0.3, -0.25) is 9.80 Å². The number of piperazine rings is 1. The molecule has 1 atom stereocenters. The largest absolute Gasteiger partial charge is 0.401 e. The fourth-order valence-electron chi connectivity index (χ4n) is 1.28. The van der Waals surface area contributed by atoms with Gasteiger partial charge in [0.25, 0.3) is 0 Å². The van der Waals surface area contributed by atoms with E-state index >= 15 is 0 Å². The maximum atomic E-state index is 12.0. The van der Waals surface area contributed by atoms with Crippen molar-refractivity contribution in [2.24, 2.45) is 0 Å². The Morgan fingerprint density at radius 3 is 2.46 bits per heavy atom. The van der Waals surface area contributed by atoms with Crippen molar-refractivity contribution in [3.8, 4) is 0 Å². The molecule has 1 fully saturated rings. The van der Waals surface area contributed by atoms with E-state index in [-0.39, 0.29) is 4.05 Å². The van der Waals surface area contributed by atoms with Gasteiger partial charge in [-0.2, -0.15) is 13.2 Å². The lowest BCUT2D eigenvalue weighted by atomic mass is 10.3. The molecule has 0 unspecified atom stereocenters. The van der Waals surface area contributed by atoms with Crippen LogP contribution < -0.4 is 0 Å². The summed E-state index contributed by atoms with van der Waals surface area (Å²) >= 11 is 2.17. The van der Waals surface area contributed by atoms with Gasteiger partial charge in [0.05, 0.1) is 10.6 Å².